The summed E-state index contributed by atoms with van der Waals surface area (Å²) in [6, 6.07) is 10.7. The topological polar surface area (TPSA) is 3.24 Å². The molecule has 0 spiro atoms. The van der Waals surface area contributed by atoms with Crippen LogP contribution in [0.2, 0.25) is 0 Å². The molecule has 0 atom stereocenters. The molecule has 17 heavy (non-hydrogen) atoms. The van der Waals surface area contributed by atoms with E-state index in [1.54, 1.807) is 0 Å². The Balaban J connectivity index is 2.28. The van der Waals surface area contributed by atoms with Gasteiger partial charge in [-0.05, 0) is 40.2 Å². The number of fused-ring (bicyclic) bond motifs is 1. The van der Waals surface area contributed by atoms with Crippen LogP contribution in [0.5, 0.6) is 0 Å². The van der Waals surface area contributed by atoms with Crippen molar-refractivity contribution in [3.05, 3.63) is 39.3 Å². The Bertz CT molecular complexity index is 559. The van der Waals surface area contributed by atoms with Crippen LogP contribution in [0.4, 0.5) is 5.69 Å². The molecule has 1 aliphatic rings. The second-order valence-corrected chi connectivity index (χ2v) is 6.14. The maximum absolute atomic E-state index is 3.71. The van der Waals surface area contributed by atoms with E-state index in [4.69, 9.17) is 0 Å². The summed E-state index contributed by atoms with van der Waals surface area (Å²) in [4.78, 5) is 2.48. The van der Waals surface area contributed by atoms with Gasteiger partial charge in [-0.2, -0.15) is 0 Å². The molecule has 0 unspecified atom stereocenters. The van der Waals surface area contributed by atoms with E-state index in [1.807, 2.05) is 0 Å². The van der Waals surface area contributed by atoms with Crippen molar-refractivity contribution in [1.82, 2.24) is 0 Å². The van der Waals surface area contributed by atoms with Crippen LogP contribution >= 0.6 is 31.9 Å². The SMILES string of the molecule is Brc1cc(Br)c2ccccc2c1N1CCCC1. The van der Waals surface area contributed by atoms with E-state index in [2.05, 4.69) is 67.1 Å². The molecule has 1 heterocycles. The second kappa shape index (κ2) is 4.62. The second-order valence-electron chi connectivity index (χ2n) is 4.43. The van der Waals surface area contributed by atoms with Crippen molar-refractivity contribution in [3.8, 4) is 0 Å². The third kappa shape index (κ3) is 2.00. The van der Waals surface area contributed by atoms with Crippen molar-refractivity contribution >= 4 is 48.3 Å². The van der Waals surface area contributed by atoms with Crippen molar-refractivity contribution in [1.29, 1.82) is 0 Å². The van der Waals surface area contributed by atoms with Gasteiger partial charge < -0.3 is 4.90 Å². The standard InChI is InChI=1S/C14H13Br2N/c15-12-9-13(16)14(17-7-3-4-8-17)11-6-2-1-5-10(11)12/h1-2,5-6,9H,3-4,7-8H2. The fourth-order valence-electron chi connectivity index (χ4n) is 2.55. The predicted molar refractivity (Wildman–Crippen MR) is 80.8 cm³/mol. The molecule has 0 aromatic heterocycles. The molecule has 0 saturated carbocycles. The number of rotatable bonds is 1. The monoisotopic (exact) mass is 353 g/mol. The highest BCUT2D eigenvalue weighted by Crippen LogP contribution is 2.39. The van der Waals surface area contributed by atoms with Crippen LogP contribution in [0.15, 0.2) is 39.3 Å². The minimum atomic E-state index is 1.16. The molecule has 0 bridgehead atoms. The lowest BCUT2D eigenvalue weighted by atomic mass is 10.1. The van der Waals surface area contributed by atoms with E-state index in [0.717, 1.165) is 4.47 Å². The predicted octanol–water partition coefficient (Wildman–Crippen LogP) is 4.97. The first-order valence-electron chi connectivity index (χ1n) is 5.89. The smallest absolute Gasteiger partial charge is 0.0591 e. The van der Waals surface area contributed by atoms with Gasteiger partial charge in [0.2, 0.25) is 0 Å². The molecule has 0 amide bonds. The molecular weight excluding hydrogens is 342 g/mol. The molecule has 2 aromatic rings. The highest BCUT2D eigenvalue weighted by Gasteiger charge is 2.18. The van der Waals surface area contributed by atoms with Crippen LogP contribution in [0, 0.1) is 0 Å². The molecule has 3 heteroatoms. The van der Waals surface area contributed by atoms with E-state index in [-0.39, 0.29) is 0 Å². The van der Waals surface area contributed by atoms with Gasteiger partial charge in [-0.3, -0.25) is 0 Å². The number of anilines is 1. The van der Waals surface area contributed by atoms with Gasteiger partial charge in [0.15, 0.2) is 0 Å². The van der Waals surface area contributed by atoms with Crippen molar-refractivity contribution in [2.75, 3.05) is 18.0 Å². The zero-order valence-electron chi connectivity index (χ0n) is 9.42. The lowest BCUT2D eigenvalue weighted by Gasteiger charge is -2.22. The van der Waals surface area contributed by atoms with Gasteiger partial charge in [-0.25, -0.2) is 0 Å². The molecule has 1 saturated heterocycles. The summed E-state index contributed by atoms with van der Waals surface area (Å²) in [7, 11) is 0. The Kier molecular flexibility index (Phi) is 3.14. The van der Waals surface area contributed by atoms with Gasteiger partial charge >= 0.3 is 0 Å². The summed E-state index contributed by atoms with van der Waals surface area (Å²) in [6.45, 7) is 2.34. The summed E-state index contributed by atoms with van der Waals surface area (Å²) >= 11 is 7.35. The summed E-state index contributed by atoms with van der Waals surface area (Å²) < 4.78 is 2.34. The maximum atomic E-state index is 3.71. The highest BCUT2D eigenvalue weighted by atomic mass is 79.9. The van der Waals surface area contributed by atoms with E-state index in [9.17, 15) is 0 Å². The van der Waals surface area contributed by atoms with Crippen LogP contribution in [-0.4, -0.2) is 13.1 Å². The number of halogens is 2. The van der Waals surface area contributed by atoms with Crippen LogP contribution < -0.4 is 4.90 Å². The number of nitrogens with zero attached hydrogens (tertiary/aromatic N) is 1. The Labute approximate surface area is 118 Å². The van der Waals surface area contributed by atoms with Crippen molar-refractivity contribution < 1.29 is 0 Å². The molecular formula is C14H13Br2N. The molecule has 1 fully saturated rings. The van der Waals surface area contributed by atoms with Crippen molar-refractivity contribution in [3.63, 3.8) is 0 Å². The van der Waals surface area contributed by atoms with Crippen LogP contribution in [0.25, 0.3) is 10.8 Å². The summed E-state index contributed by atoms with van der Waals surface area (Å²) in [5, 5.41) is 2.62. The lowest BCUT2D eigenvalue weighted by molar-refractivity contribution is 0.949. The molecule has 1 aliphatic heterocycles. The third-order valence-electron chi connectivity index (χ3n) is 3.34. The van der Waals surface area contributed by atoms with Gasteiger partial charge in [-0.15, -0.1) is 0 Å². The van der Waals surface area contributed by atoms with Gasteiger partial charge in [0.1, 0.15) is 0 Å². The van der Waals surface area contributed by atoms with Crippen LogP contribution in [0.1, 0.15) is 12.8 Å². The van der Waals surface area contributed by atoms with E-state index in [1.165, 1.54) is 46.9 Å². The van der Waals surface area contributed by atoms with E-state index in [0.29, 0.717) is 0 Å². The summed E-state index contributed by atoms with van der Waals surface area (Å²) in [5.74, 6) is 0. The highest BCUT2D eigenvalue weighted by molar-refractivity contribution is 9.11. The first-order valence-corrected chi connectivity index (χ1v) is 7.47. The normalized spacial score (nSPS) is 15.8. The van der Waals surface area contributed by atoms with Gasteiger partial charge in [0.25, 0.3) is 0 Å². The van der Waals surface area contributed by atoms with Crippen LogP contribution in [0.3, 0.4) is 0 Å². The Morgan fingerprint density at radius 2 is 1.53 bits per heavy atom. The van der Waals surface area contributed by atoms with Gasteiger partial charge in [0, 0.05) is 27.4 Å². The minimum absolute atomic E-state index is 1.16. The van der Waals surface area contributed by atoms with Gasteiger partial charge in [0.05, 0.1) is 5.69 Å². The average Bonchev–Trinajstić information content (AvgIpc) is 2.83. The lowest BCUT2D eigenvalue weighted by Crippen LogP contribution is -2.18. The minimum Gasteiger partial charge on any atom is -0.370 e. The fourth-order valence-corrected chi connectivity index (χ4v) is 4.12. The van der Waals surface area contributed by atoms with E-state index < -0.39 is 0 Å². The number of hydrogen-bond acceptors (Lipinski definition) is 1. The van der Waals surface area contributed by atoms with E-state index >= 15 is 0 Å². The summed E-state index contributed by atoms with van der Waals surface area (Å²) in [5.41, 5.74) is 1.35. The molecule has 0 N–H and O–H groups in total. The van der Waals surface area contributed by atoms with Gasteiger partial charge in [-0.1, -0.05) is 40.2 Å². The fraction of sp³-hybridized carbons (Fsp3) is 0.286. The Morgan fingerprint density at radius 1 is 0.882 bits per heavy atom. The largest absolute Gasteiger partial charge is 0.370 e. The molecule has 0 aliphatic carbocycles. The number of hydrogen-bond donors (Lipinski definition) is 0. The van der Waals surface area contributed by atoms with Crippen molar-refractivity contribution in [2.45, 2.75) is 12.8 Å². The summed E-state index contributed by atoms with van der Waals surface area (Å²) in [6.07, 6.45) is 2.60. The maximum Gasteiger partial charge on any atom is 0.0591 e. The average molecular weight is 355 g/mol. The third-order valence-corrected chi connectivity index (χ3v) is 4.60. The Morgan fingerprint density at radius 3 is 2.24 bits per heavy atom. The molecule has 3 rings (SSSR count). The molecule has 1 nitrogen and oxygen atoms in total. The molecule has 88 valence electrons. The molecule has 2 aromatic carbocycles. The molecule has 0 radical (unpaired) electrons. The first-order chi connectivity index (χ1) is 8.27. The van der Waals surface area contributed by atoms with Crippen LogP contribution in [-0.2, 0) is 0 Å². The zero-order valence-corrected chi connectivity index (χ0v) is 12.6. The Hall–Kier alpha value is -0.540. The zero-order chi connectivity index (χ0) is 11.8. The number of benzene rings is 2. The quantitative estimate of drug-likeness (QED) is 0.699. The van der Waals surface area contributed by atoms with Crippen molar-refractivity contribution in [2.24, 2.45) is 0 Å². The first kappa shape index (κ1) is 11.5.